The van der Waals surface area contributed by atoms with E-state index in [-0.39, 0.29) is 0 Å². The Balaban J connectivity index is 1.36. The highest BCUT2D eigenvalue weighted by molar-refractivity contribution is 7.09. The van der Waals surface area contributed by atoms with Crippen LogP contribution < -0.4 is 10.5 Å². The first-order chi connectivity index (χ1) is 13.1. The molecule has 4 rings (SSSR count). The predicted molar refractivity (Wildman–Crippen MR) is 105 cm³/mol. The molecule has 1 aliphatic carbocycles. The fraction of sp³-hybridized carbons (Fsp3) is 0.350. The van der Waals surface area contributed by atoms with Crippen LogP contribution in [0.25, 0.3) is 12.2 Å². The molecule has 6 nitrogen and oxygen atoms in total. The van der Waals surface area contributed by atoms with Crippen LogP contribution in [-0.2, 0) is 12.1 Å². The second-order valence-corrected chi connectivity index (χ2v) is 7.93. The molecule has 1 aromatic carbocycles. The minimum atomic E-state index is -0.426. The second kappa shape index (κ2) is 7.62. The Morgan fingerprint density at radius 2 is 1.96 bits per heavy atom. The SMILES string of the molecule is Cc1nc(COc2ccc(/C=C/c3nc(C4(N)CCCC4)no3)cc2)cs1. The number of hydrogen-bond donors (Lipinski definition) is 1. The molecular formula is C20H22N4O2S. The lowest BCUT2D eigenvalue weighted by atomic mass is 9.99. The molecule has 1 saturated carbocycles. The van der Waals surface area contributed by atoms with Crippen LogP contribution in [0.4, 0.5) is 0 Å². The zero-order valence-electron chi connectivity index (χ0n) is 15.2. The van der Waals surface area contributed by atoms with E-state index in [2.05, 4.69) is 15.1 Å². The molecule has 0 aliphatic heterocycles. The average molecular weight is 382 g/mol. The first-order valence-corrected chi connectivity index (χ1v) is 9.94. The summed E-state index contributed by atoms with van der Waals surface area (Å²) in [5.74, 6) is 1.89. The molecule has 0 spiro atoms. The molecule has 0 amide bonds. The number of thiazole rings is 1. The highest BCUT2D eigenvalue weighted by atomic mass is 32.1. The van der Waals surface area contributed by atoms with Gasteiger partial charge in [0.2, 0.25) is 0 Å². The summed E-state index contributed by atoms with van der Waals surface area (Å²) in [7, 11) is 0. The Morgan fingerprint density at radius 3 is 2.67 bits per heavy atom. The molecule has 3 aromatic rings. The maximum absolute atomic E-state index is 6.36. The molecule has 0 atom stereocenters. The Bertz CT molecular complexity index is 924. The number of nitrogens with two attached hydrogens (primary N) is 1. The number of nitrogens with zero attached hydrogens (tertiary/aromatic N) is 3. The quantitative estimate of drug-likeness (QED) is 0.683. The standard InChI is InChI=1S/C20H22N4O2S/c1-14-22-16(13-27-14)12-25-17-7-4-15(5-8-17)6-9-18-23-19(24-26-18)20(21)10-2-3-11-20/h4-9,13H,2-3,10-12,21H2,1H3/b9-6+. The monoisotopic (exact) mass is 382 g/mol. The van der Waals surface area contributed by atoms with Gasteiger partial charge in [0.1, 0.15) is 12.4 Å². The zero-order chi connectivity index (χ0) is 18.7. The van der Waals surface area contributed by atoms with Gasteiger partial charge in [-0.05, 0) is 43.5 Å². The van der Waals surface area contributed by atoms with Crippen molar-refractivity contribution in [2.45, 2.75) is 44.8 Å². The number of hydrogen-bond acceptors (Lipinski definition) is 7. The summed E-state index contributed by atoms with van der Waals surface area (Å²) in [6.07, 6.45) is 7.81. The summed E-state index contributed by atoms with van der Waals surface area (Å²) in [4.78, 5) is 8.83. The lowest BCUT2D eigenvalue weighted by Crippen LogP contribution is -2.34. The maximum Gasteiger partial charge on any atom is 0.250 e. The van der Waals surface area contributed by atoms with Gasteiger partial charge in [0, 0.05) is 11.5 Å². The summed E-state index contributed by atoms with van der Waals surface area (Å²) < 4.78 is 11.1. The maximum atomic E-state index is 6.36. The van der Waals surface area contributed by atoms with E-state index in [1.165, 1.54) is 0 Å². The van der Waals surface area contributed by atoms with Crippen LogP contribution in [0.1, 0.15) is 53.7 Å². The van der Waals surface area contributed by atoms with Gasteiger partial charge < -0.3 is 15.0 Å². The molecule has 0 saturated heterocycles. The predicted octanol–water partition coefficient (Wildman–Crippen LogP) is 4.31. The molecular weight excluding hydrogens is 360 g/mol. The van der Waals surface area contributed by atoms with E-state index in [4.69, 9.17) is 15.0 Å². The topological polar surface area (TPSA) is 87.1 Å². The largest absolute Gasteiger partial charge is 0.487 e. The van der Waals surface area contributed by atoms with Gasteiger partial charge >= 0.3 is 0 Å². The van der Waals surface area contributed by atoms with Crippen LogP contribution in [-0.4, -0.2) is 15.1 Å². The summed E-state index contributed by atoms with van der Waals surface area (Å²) in [5, 5.41) is 7.13. The molecule has 1 fully saturated rings. The number of aromatic nitrogens is 3. The molecule has 27 heavy (non-hydrogen) atoms. The molecule has 1 aliphatic rings. The number of aryl methyl sites for hydroxylation is 1. The Kier molecular flexibility index (Phi) is 5.05. The molecule has 0 unspecified atom stereocenters. The van der Waals surface area contributed by atoms with Crippen molar-refractivity contribution in [2.75, 3.05) is 0 Å². The van der Waals surface area contributed by atoms with Gasteiger partial charge in [-0.15, -0.1) is 11.3 Å². The summed E-state index contributed by atoms with van der Waals surface area (Å²) in [6, 6.07) is 7.84. The third-order valence-corrected chi connectivity index (χ3v) is 5.56. The van der Waals surface area contributed by atoms with E-state index in [9.17, 15) is 0 Å². The van der Waals surface area contributed by atoms with E-state index in [0.29, 0.717) is 18.3 Å². The van der Waals surface area contributed by atoms with Crippen LogP contribution >= 0.6 is 11.3 Å². The van der Waals surface area contributed by atoms with E-state index >= 15 is 0 Å². The van der Waals surface area contributed by atoms with Crippen molar-refractivity contribution in [3.05, 3.63) is 57.6 Å². The summed E-state index contributed by atoms with van der Waals surface area (Å²) >= 11 is 1.63. The lowest BCUT2D eigenvalue weighted by molar-refractivity contribution is 0.302. The highest BCUT2D eigenvalue weighted by Gasteiger charge is 2.35. The van der Waals surface area contributed by atoms with Crippen molar-refractivity contribution in [3.63, 3.8) is 0 Å². The van der Waals surface area contributed by atoms with Gasteiger partial charge in [-0.25, -0.2) is 4.98 Å². The van der Waals surface area contributed by atoms with E-state index in [0.717, 1.165) is 47.7 Å². The fourth-order valence-electron chi connectivity index (χ4n) is 3.21. The van der Waals surface area contributed by atoms with Gasteiger partial charge in [0.15, 0.2) is 5.82 Å². The lowest BCUT2D eigenvalue weighted by Gasteiger charge is -2.17. The van der Waals surface area contributed by atoms with E-state index in [1.807, 2.05) is 48.7 Å². The van der Waals surface area contributed by atoms with Gasteiger partial charge in [0.25, 0.3) is 5.89 Å². The van der Waals surface area contributed by atoms with Crippen LogP contribution in [0.3, 0.4) is 0 Å². The molecule has 7 heteroatoms. The molecule has 140 valence electrons. The third kappa shape index (κ3) is 4.26. The van der Waals surface area contributed by atoms with Crippen molar-refractivity contribution >= 4 is 23.5 Å². The second-order valence-electron chi connectivity index (χ2n) is 6.87. The van der Waals surface area contributed by atoms with Crippen molar-refractivity contribution < 1.29 is 9.26 Å². The molecule has 0 radical (unpaired) electrons. The first kappa shape index (κ1) is 17.9. The van der Waals surface area contributed by atoms with Gasteiger partial charge in [-0.1, -0.05) is 30.1 Å². The Labute approximate surface area is 162 Å². The normalized spacial score (nSPS) is 16.2. The van der Waals surface area contributed by atoms with Crippen molar-refractivity contribution in [3.8, 4) is 5.75 Å². The van der Waals surface area contributed by atoms with E-state index < -0.39 is 5.54 Å². The van der Waals surface area contributed by atoms with Crippen LogP contribution in [0.15, 0.2) is 34.2 Å². The molecule has 2 aromatic heterocycles. The van der Waals surface area contributed by atoms with Crippen molar-refractivity contribution in [2.24, 2.45) is 5.73 Å². The zero-order valence-corrected chi connectivity index (χ0v) is 16.0. The van der Waals surface area contributed by atoms with Gasteiger partial charge in [-0.3, -0.25) is 0 Å². The average Bonchev–Trinajstić information content (AvgIpc) is 3.41. The van der Waals surface area contributed by atoms with Crippen LogP contribution in [0.5, 0.6) is 5.75 Å². The first-order valence-electron chi connectivity index (χ1n) is 9.06. The summed E-state index contributed by atoms with van der Waals surface area (Å²) in [6.45, 7) is 2.47. The number of benzene rings is 1. The number of rotatable bonds is 6. The van der Waals surface area contributed by atoms with Crippen LogP contribution in [0.2, 0.25) is 0 Å². The smallest absolute Gasteiger partial charge is 0.250 e. The van der Waals surface area contributed by atoms with Gasteiger partial charge in [0.05, 0.1) is 16.2 Å². The Hall–Kier alpha value is -2.51. The number of ether oxygens (including phenoxy) is 1. The third-order valence-electron chi connectivity index (χ3n) is 4.73. The molecule has 2 heterocycles. The Morgan fingerprint density at radius 1 is 1.19 bits per heavy atom. The molecule has 0 bridgehead atoms. The van der Waals surface area contributed by atoms with Crippen molar-refractivity contribution in [1.29, 1.82) is 0 Å². The van der Waals surface area contributed by atoms with Gasteiger partial charge in [-0.2, -0.15) is 4.98 Å². The highest BCUT2D eigenvalue weighted by Crippen LogP contribution is 2.34. The summed E-state index contributed by atoms with van der Waals surface area (Å²) in [5.41, 5.74) is 7.91. The van der Waals surface area contributed by atoms with Crippen LogP contribution in [0, 0.1) is 6.92 Å². The van der Waals surface area contributed by atoms with Crippen molar-refractivity contribution in [1.82, 2.24) is 15.1 Å². The minimum absolute atomic E-state index is 0.426. The minimum Gasteiger partial charge on any atom is -0.487 e. The van der Waals surface area contributed by atoms with E-state index in [1.54, 1.807) is 11.3 Å². The molecule has 2 N–H and O–H groups in total. The fourth-order valence-corrected chi connectivity index (χ4v) is 3.81.